The lowest BCUT2D eigenvalue weighted by Crippen LogP contribution is -2.29. The van der Waals surface area contributed by atoms with Crippen molar-refractivity contribution in [2.75, 3.05) is 0 Å². The van der Waals surface area contributed by atoms with E-state index in [9.17, 15) is 9.59 Å². The van der Waals surface area contributed by atoms with Crippen LogP contribution in [0.1, 0.15) is 31.0 Å². The van der Waals surface area contributed by atoms with E-state index in [-0.39, 0.29) is 11.5 Å². The number of hydrogen-bond acceptors (Lipinski definition) is 4. The van der Waals surface area contributed by atoms with E-state index < -0.39 is 5.69 Å². The molecule has 0 unspecified atom stereocenters. The maximum absolute atomic E-state index is 11.7. The number of H-pyrrole nitrogens is 2. The Labute approximate surface area is 96.5 Å². The summed E-state index contributed by atoms with van der Waals surface area (Å²) < 4.78 is 1.55. The van der Waals surface area contributed by atoms with E-state index in [1.54, 1.807) is 17.1 Å². The standard InChI is InChI=1S/C10H13N5O2/c1-6(2)8-7(5-15-4-3-11-14-15)12-10(17)13-9(8)16/h3-4,6H,5H2,1-2H3,(H2,12,13,16,17). The minimum Gasteiger partial charge on any atom is -0.309 e. The third kappa shape index (κ3) is 2.32. The molecule has 0 spiro atoms. The molecule has 0 saturated carbocycles. The van der Waals surface area contributed by atoms with Crippen molar-refractivity contribution >= 4 is 0 Å². The number of rotatable bonds is 3. The average Bonchev–Trinajstić information content (AvgIpc) is 2.68. The van der Waals surface area contributed by atoms with Crippen LogP contribution in [-0.2, 0) is 6.54 Å². The van der Waals surface area contributed by atoms with Crippen molar-refractivity contribution in [1.82, 2.24) is 25.0 Å². The molecule has 2 aromatic rings. The van der Waals surface area contributed by atoms with E-state index in [1.165, 1.54) is 0 Å². The number of nitrogens with zero attached hydrogens (tertiary/aromatic N) is 3. The summed E-state index contributed by atoms with van der Waals surface area (Å²) in [6.07, 6.45) is 3.21. The zero-order valence-corrected chi connectivity index (χ0v) is 9.60. The molecule has 7 heteroatoms. The van der Waals surface area contributed by atoms with E-state index in [2.05, 4.69) is 20.3 Å². The minimum absolute atomic E-state index is 0.0223. The van der Waals surface area contributed by atoms with E-state index in [0.717, 1.165) is 0 Å². The molecule has 0 bridgehead atoms. The molecule has 7 nitrogen and oxygen atoms in total. The zero-order chi connectivity index (χ0) is 12.4. The summed E-state index contributed by atoms with van der Waals surface area (Å²) >= 11 is 0. The zero-order valence-electron chi connectivity index (χ0n) is 9.60. The van der Waals surface area contributed by atoms with Crippen LogP contribution in [0.3, 0.4) is 0 Å². The molecule has 2 heterocycles. The quantitative estimate of drug-likeness (QED) is 0.771. The predicted octanol–water partition coefficient (Wildman–Crippen LogP) is -0.174. The Morgan fingerprint density at radius 3 is 2.71 bits per heavy atom. The van der Waals surface area contributed by atoms with E-state index >= 15 is 0 Å². The molecule has 0 saturated heterocycles. The molecule has 0 aromatic carbocycles. The Balaban J connectivity index is 2.52. The number of aromatic nitrogens is 5. The van der Waals surface area contributed by atoms with Crippen LogP contribution in [0.25, 0.3) is 0 Å². The Bertz CT molecular complexity index is 608. The van der Waals surface area contributed by atoms with Crippen molar-refractivity contribution in [2.24, 2.45) is 0 Å². The molecule has 2 N–H and O–H groups in total. The first-order chi connectivity index (χ1) is 8.08. The highest BCUT2D eigenvalue weighted by Gasteiger charge is 2.13. The van der Waals surface area contributed by atoms with Gasteiger partial charge < -0.3 is 4.98 Å². The van der Waals surface area contributed by atoms with Gasteiger partial charge in [-0.15, -0.1) is 5.10 Å². The summed E-state index contributed by atoms with van der Waals surface area (Å²) in [5.74, 6) is 0.0223. The van der Waals surface area contributed by atoms with Crippen LogP contribution in [-0.4, -0.2) is 25.0 Å². The molecule has 90 valence electrons. The topological polar surface area (TPSA) is 96.4 Å². The van der Waals surface area contributed by atoms with Crippen LogP contribution in [0.4, 0.5) is 0 Å². The third-order valence-electron chi connectivity index (χ3n) is 2.43. The van der Waals surface area contributed by atoms with Gasteiger partial charge in [-0.25, -0.2) is 9.48 Å². The average molecular weight is 235 g/mol. The molecule has 0 aliphatic heterocycles. The Kier molecular flexibility index (Phi) is 2.90. The first kappa shape index (κ1) is 11.3. The van der Waals surface area contributed by atoms with Crippen LogP contribution in [0.15, 0.2) is 22.0 Å². The lowest BCUT2D eigenvalue weighted by Gasteiger charge is -2.10. The Morgan fingerprint density at radius 2 is 2.12 bits per heavy atom. The van der Waals surface area contributed by atoms with Crippen molar-refractivity contribution in [3.05, 3.63) is 44.5 Å². The Morgan fingerprint density at radius 1 is 1.35 bits per heavy atom. The summed E-state index contributed by atoms with van der Waals surface area (Å²) in [4.78, 5) is 27.8. The fraction of sp³-hybridized carbons (Fsp3) is 0.400. The normalized spacial score (nSPS) is 11.0. The van der Waals surface area contributed by atoms with Crippen molar-refractivity contribution in [2.45, 2.75) is 26.3 Å². The van der Waals surface area contributed by atoms with Crippen LogP contribution in [0, 0.1) is 0 Å². The smallest absolute Gasteiger partial charge is 0.309 e. The van der Waals surface area contributed by atoms with Gasteiger partial charge in [0.05, 0.1) is 18.4 Å². The molecular weight excluding hydrogens is 222 g/mol. The highest BCUT2D eigenvalue weighted by molar-refractivity contribution is 5.20. The van der Waals surface area contributed by atoms with Gasteiger partial charge in [0.2, 0.25) is 0 Å². The van der Waals surface area contributed by atoms with Gasteiger partial charge in [0.25, 0.3) is 5.56 Å². The van der Waals surface area contributed by atoms with Gasteiger partial charge in [0, 0.05) is 11.8 Å². The van der Waals surface area contributed by atoms with Crippen LogP contribution >= 0.6 is 0 Å². The molecule has 0 aliphatic carbocycles. The summed E-state index contributed by atoms with van der Waals surface area (Å²) in [7, 11) is 0. The fourth-order valence-corrected chi connectivity index (χ4v) is 1.76. The van der Waals surface area contributed by atoms with Crippen molar-refractivity contribution in [1.29, 1.82) is 0 Å². The summed E-state index contributed by atoms with van der Waals surface area (Å²) in [5.41, 5.74) is 0.285. The van der Waals surface area contributed by atoms with Gasteiger partial charge in [-0.2, -0.15) is 0 Å². The molecular formula is C10H13N5O2. The molecule has 0 atom stereocenters. The number of nitrogens with one attached hydrogen (secondary N) is 2. The molecule has 0 fully saturated rings. The molecule has 0 radical (unpaired) electrons. The van der Waals surface area contributed by atoms with Gasteiger partial charge in [-0.05, 0) is 5.92 Å². The number of aromatic amines is 2. The second kappa shape index (κ2) is 4.36. The highest BCUT2D eigenvalue weighted by Crippen LogP contribution is 2.12. The largest absolute Gasteiger partial charge is 0.325 e. The SMILES string of the molecule is CC(C)c1c(Cn2ccnn2)[nH]c(=O)[nH]c1=O. The second-order valence-corrected chi connectivity index (χ2v) is 4.06. The second-order valence-electron chi connectivity index (χ2n) is 4.06. The first-order valence-electron chi connectivity index (χ1n) is 5.27. The molecule has 0 aliphatic rings. The van der Waals surface area contributed by atoms with Gasteiger partial charge in [-0.3, -0.25) is 9.78 Å². The monoisotopic (exact) mass is 235 g/mol. The molecule has 2 aromatic heterocycles. The summed E-state index contributed by atoms with van der Waals surface area (Å²) in [5, 5.41) is 7.48. The van der Waals surface area contributed by atoms with Gasteiger partial charge in [0.1, 0.15) is 0 Å². The van der Waals surface area contributed by atoms with Crippen LogP contribution < -0.4 is 11.2 Å². The third-order valence-corrected chi connectivity index (χ3v) is 2.43. The van der Waals surface area contributed by atoms with E-state index in [4.69, 9.17) is 0 Å². The molecule has 17 heavy (non-hydrogen) atoms. The van der Waals surface area contributed by atoms with E-state index in [1.807, 2.05) is 13.8 Å². The number of hydrogen-bond donors (Lipinski definition) is 2. The first-order valence-corrected chi connectivity index (χ1v) is 5.27. The molecule has 0 amide bonds. The van der Waals surface area contributed by atoms with Gasteiger partial charge >= 0.3 is 5.69 Å². The van der Waals surface area contributed by atoms with Crippen molar-refractivity contribution < 1.29 is 0 Å². The lowest BCUT2D eigenvalue weighted by molar-refractivity contribution is 0.621. The Hall–Kier alpha value is -2.18. The maximum Gasteiger partial charge on any atom is 0.325 e. The van der Waals surface area contributed by atoms with Crippen LogP contribution in [0.5, 0.6) is 0 Å². The lowest BCUT2D eigenvalue weighted by atomic mass is 10.0. The van der Waals surface area contributed by atoms with Crippen molar-refractivity contribution in [3.63, 3.8) is 0 Å². The van der Waals surface area contributed by atoms with Gasteiger partial charge in [0.15, 0.2) is 0 Å². The maximum atomic E-state index is 11.7. The van der Waals surface area contributed by atoms with E-state index in [0.29, 0.717) is 17.8 Å². The highest BCUT2D eigenvalue weighted by atomic mass is 16.2. The minimum atomic E-state index is -0.505. The van der Waals surface area contributed by atoms with Crippen LogP contribution in [0.2, 0.25) is 0 Å². The van der Waals surface area contributed by atoms with Gasteiger partial charge in [-0.1, -0.05) is 19.1 Å². The summed E-state index contributed by atoms with van der Waals surface area (Å²) in [6.45, 7) is 4.12. The summed E-state index contributed by atoms with van der Waals surface area (Å²) in [6, 6.07) is 0. The fourth-order valence-electron chi connectivity index (χ4n) is 1.76. The molecule has 2 rings (SSSR count). The van der Waals surface area contributed by atoms with Crippen molar-refractivity contribution in [3.8, 4) is 0 Å². The predicted molar refractivity (Wildman–Crippen MR) is 60.9 cm³/mol.